The first-order valence-corrected chi connectivity index (χ1v) is 2.30. The van der Waals surface area contributed by atoms with E-state index >= 15 is 0 Å². The third-order valence-electron chi connectivity index (χ3n) is 1.12. The van der Waals surface area contributed by atoms with E-state index in [0.29, 0.717) is 6.61 Å². The topological polar surface area (TPSA) is 26.3 Å². The van der Waals surface area contributed by atoms with E-state index in [1.165, 1.54) is 0 Å². The Morgan fingerprint density at radius 2 is 2.14 bits per heavy atom. The summed E-state index contributed by atoms with van der Waals surface area (Å²) in [5.41, 5.74) is -0.181. The molecule has 0 aliphatic carbocycles. The van der Waals surface area contributed by atoms with Gasteiger partial charge in [-0.3, -0.25) is 4.79 Å². The molecule has 1 saturated heterocycles. The molecule has 0 spiro atoms. The lowest BCUT2D eigenvalue weighted by molar-refractivity contribution is -0.180. The SMILES string of the molecule is CC1(C)COC1=O. The summed E-state index contributed by atoms with van der Waals surface area (Å²) in [6.07, 6.45) is 0. The highest BCUT2D eigenvalue weighted by molar-refractivity contribution is 5.80. The van der Waals surface area contributed by atoms with E-state index in [1.54, 1.807) is 0 Å². The van der Waals surface area contributed by atoms with Gasteiger partial charge < -0.3 is 4.74 Å². The van der Waals surface area contributed by atoms with Crippen molar-refractivity contribution in [3.63, 3.8) is 0 Å². The van der Waals surface area contributed by atoms with E-state index in [0.717, 1.165) is 0 Å². The molecule has 0 amide bonds. The van der Waals surface area contributed by atoms with E-state index in [4.69, 9.17) is 0 Å². The zero-order valence-corrected chi connectivity index (χ0v) is 4.52. The van der Waals surface area contributed by atoms with Gasteiger partial charge >= 0.3 is 5.97 Å². The molecule has 1 fully saturated rings. The number of hydrogen-bond acceptors (Lipinski definition) is 2. The molecule has 2 heteroatoms. The number of carbonyl (C=O) groups excluding carboxylic acids is 1. The largest absolute Gasteiger partial charge is 0.464 e. The highest BCUT2D eigenvalue weighted by Crippen LogP contribution is 2.26. The first-order chi connectivity index (χ1) is 3.13. The van der Waals surface area contributed by atoms with Crippen LogP contribution in [0.3, 0.4) is 0 Å². The molecule has 0 N–H and O–H groups in total. The summed E-state index contributed by atoms with van der Waals surface area (Å²) in [4.78, 5) is 10.3. The van der Waals surface area contributed by atoms with Crippen molar-refractivity contribution in [2.75, 3.05) is 6.61 Å². The minimum Gasteiger partial charge on any atom is -0.464 e. The van der Waals surface area contributed by atoms with Gasteiger partial charge in [-0.1, -0.05) is 0 Å². The second-order valence-corrected chi connectivity index (χ2v) is 2.46. The van der Waals surface area contributed by atoms with Crippen molar-refractivity contribution in [1.82, 2.24) is 0 Å². The lowest BCUT2D eigenvalue weighted by Crippen LogP contribution is -2.42. The van der Waals surface area contributed by atoms with Gasteiger partial charge in [0.15, 0.2) is 0 Å². The van der Waals surface area contributed by atoms with Crippen molar-refractivity contribution in [2.24, 2.45) is 5.41 Å². The molecule has 0 unspecified atom stereocenters. The molecular weight excluding hydrogens is 92.1 g/mol. The van der Waals surface area contributed by atoms with Crippen LogP contribution >= 0.6 is 0 Å². The van der Waals surface area contributed by atoms with Crippen LogP contribution in [0.1, 0.15) is 13.8 Å². The molecule has 7 heavy (non-hydrogen) atoms. The predicted molar refractivity (Wildman–Crippen MR) is 24.7 cm³/mol. The van der Waals surface area contributed by atoms with Gasteiger partial charge in [0.05, 0.1) is 5.41 Å². The molecule has 1 heterocycles. The molecule has 1 aliphatic rings. The molecule has 0 atom stereocenters. The lowest BCUT2D eigenvalue weighted by Gasteiger charge is -2.31. The number of hydrogen-bond donors (Lipinski definition) is 0. The number of ether oxygens (including phenoxy) is 1. The van der Waals surface area contributed by atoms with Crippen LogP contribution in [0.25, 0.3) is 0 Å². The normalized spacial score (nSPS) is 25.7. The monoisotopic (exact) mass is 100 g/mol. The number of rotatable bonds is 0. The van der Waals surface area contributed by atoms with Gasteiger partial charge in [0.1, 0.15) is 6.61 Å². The summed E-state index contributed by atoms with van der Waals surface area (Å²) in [7, 11) is 0. The second-order valence-electron chi connectivity index (χ2n) is 2.46. The van der Waals surface area contributed by atoms with Crippen LogP contribution in [-0.2, 0) is 9.53 Å². The van der Waals surface area contributed by atoms with Gasteiger partial charge in [0, 0.05) is 0 Å². The Bertz CT molecular complexity index is 105. The molecular formula is C5H8O2. The van der Waals surface area contributed by atoms with Crippen molar-refractivity contribution in [1.29, 1.82) is 0 Å². The summed E-state index contributed by atoms with van der Waals surface area (Å²) in [6.45, 7) is 4.34. The van der Waals surface area contributed by atoms with E-state index < -0.39 is 0 Å². The third kappa shape index (κ3) is 0.501. The minimum atomic E-state index is -0.181. The van der Waals surface area contributed by atoms with E-state index in [9.17, 15) is 4.79 Å². The van der Waals surface area contributed by atoms with Crippen LogP contribution in [0.2, 0.25) is 0 Å². The molecule has 0 aromatic heterocycles. The van der Waals surface area contributed by atoms with E-state index in [1.807, 2.05) is 13.8 Å². The molecule has 0 aromatic carbocycles. The summed E-state index contributed by atoms with van der Waals surface area (Å²) in [6, 6.07) is 0. The van der Waals surface area contributed by atoms with Crippen molar-refractivity contribution >= 4 is 5.97 Å². The lowest BCUT2D eigenvalue weighted by atomic mass is 9.91. The van der Waals surface area contributed by atoms with Gasteiger partial charge in [-0.05, 0) is 13.8 Å². The standard InChI is InChI=1S/C5H8O2/c1-5(2)3-7-4(5)6/h3H2,1-2H3. The maximum absolute atomic E-state index is 10.3. The van der Waals surface area contributed by atoms with Crippen molar-refractivity contribution in [3.8, 4) is 0 Å². The highest BCUT2D eigenvalue weighted by atomic mass is 16.6. The van der Waals surface area contributed by atoms with Gasteiger partial charge in [0.2, 0.25) is 0 Å². The summed E-state index contributed by atoms with van der Waals surface area (Å²) < 4.78 is 4.51. The molecule has 40 valence electrons. The zero-order chi connectivity index (χ0) is 5.49. The number of esters is 1. The molecule has 0 radical (unpaired) electrons. The van der Waals surface area contributed by atoms with Crippen LogP contribution in [0, 0.1) is 5.41 Å². The summed E-state index contributed by atoms with van der Waals surface area (Å²) in [5, 5.41) is 0. The van der Waals surface area contributed by atoms with E-state index in [-0.39, 0.29) is 11.4 Å². The predicted octanol–water partition coefficient (Wildman–Crippen LogP) is 0.569. The van der Waals surface area contributed by atoms with Crippen molar-refractivity contribution < 1.29 is 9.53 Å². The van der Waals surface area contributed by atoms with Crippen LogP contribution in [0.15, 0.2) is 0 Å². The fourth-order valence-electron chi connectivity index (χ4n) is 0.420. The Hall–Kier alpha value is -0.530. The first-order valence-electron chi connectivity index (χ1n) is 2.30. The van der Waals surface area contributed by atoms with E-state index in [2.05, 4.69) is 4.74 Å². The van der Waals surface area contributed by atoms with Gasteiger partial charge in [-0.25, -0.2) is 0 Å². The Kier molecular flexibility index (Phi) is 0.659. The Morgan fingerprint density at radius 1 is 1.71 bits per heavy atom. The highest BCUT2D eigenvalue weighted by Gasteiger charge is 2.39. The quantitative estimate of drug-likeness (QED) is 0.416. The smallest absolute Gasteiger partial charge is 0.315 e. The maximum atomic E-state index is 10.3. The average molecular weight is 100 g/mol. The summed E-state index contributed by atoms with van der Waals surface area (Å²) in [5.74, 6) is -0.0764. The Balaban J connectivity index is 2.59. The maximum Gasteiger partial charge on any atom is 0.315 e. The molecule has 1 rings (SSSR count). The Labute approximate surface area is 42.5 Å². The number of carbonyl (C=O) groups is 1. The van der Waals surface area contributed by atoms with Crippen molar-refractivity contribution in [3.05, 3.63) is 0 Å². The van der Waals surface area contributed by atoms with Crippen LogP contribution in [0.4, 0.5) is 0 Å². The molecule has 0 saturated carbocycles. The van der Waals surface area contributed by atoms with Gasteiger partial charge in [-0.15, -0.1) is 0 Å². The fraction of sp³-hybridized carbons (Fsp3) is 0.800. The van der Waals surface area contributed by atoms with Crippen LogP contribution in [-0.4, -0.2) is 12.6 Å². The fourth-order valence-corrected chi connectivity index (χ4v) is 0.420. The van der Waals surface area contributed by atoms with Crippen LogP contribution in [0.5, 0.6) is 0 Å². The molecule has 2 nitrogen and oxygen atoms in total. The zero-order valence-electron chi connectivity index (χ0n) is 4.52. The van der Waals surface area contributed by atoms with Crippen LogP contribution < -0.4 is 0 Å². The van der Waals surface area contributed by atoms with Gasteiger partial charge in [0.25, 0.3) is 0 Å². The van der Waals surface area contributed by atoms with Gasteiger partial charge in [-0.2, -0.15) is 0 Å². The summed E-state index contributed by atoms with van der Waals surface area (Å²) >= 11 is 0. The minimum absolute atomic E-state index is 0.0764. The third-order valence-corrected chi connectivity index (χ3v) is 1.12. The second kappa shape index (κ2) is 0.997. The first kappa shape index (κ1) is 4.62. The Morgan fingerprint density at radius 3 is 2.14 bits per heavy atom. The molecule has 1 aliphatic heterocycles. The molecule has 0 aromatic rings. The average Bonchev–Trinajstić information content (AvgIpc) is 1.63. The molecule has 0 bridgehead atoms. The van der Waals surface area contributed by atoms with Crippen molar-refractivity contribution in [2.45, 2.75) is 13.8 Å². The number of cyclic esters (lactones) is 1.